The summed E-state index contributed by atoms with van der Waals surface area (Å²) in [4.78, 5) is 33.3. The summed E-state index contributed by atoms with van der Waals surface area (Å²) >= 11 is 0. The molecular formula is C30H33N7O3. The van der Waals surface area contributed by atoms with Crippen molar-refractivity contribution in [3.05, 3.63) is 60.4 Å². The van der Waals surface area contributed by atoms with Gasteiger partial charge in [0.05, 0.1) is 18.6 Å². The lowest BCUT2D eigenvalue weighted by Gasteiger charge is -2.36. The van der Waals surface area contributed by atoms with Crippen LogP contribution < -0.4 is 14.7 Å². The van der Waals surface area contributed by atoms with Crippen molar-refractivity contribution in [3.63, 3.8) is 0 Å². The highest BCUT2D eigenvalue weighted by Crippen LogP contribution is 2.32. The standard InChI is InChI=1S/C30H33N7O3/c1-4-6-9-22-10-7-8-11-25(22)34(3)28-27-29(37(21-31-27)20-26(39)40-5-2)33-30(32-28)36-18-16-35(17-19-36)23-12-14-24(38)15-13-23/h7-8,10-15,21,38H,4-5,16-20H2,1-3H3. The zero-order valence-electron chi connectivity index (χ0n) is 23.0. The molecule has 1 aliphatic heterocycles. The molecule has 10 nitrogen and oxygen atoms in total. The number of nitrogens with zero attached hydrogens (tertiary/aromatic N) is 7. The Morgan fingerprint density at radius 3 is 2.48 bits per heavy atom. The van der Waals surface area contributed by atoms with Crippen LogP contribution in [0.25, 0.3) is 11.2 Å². The fourth-order valence-electron chi connectivity index (χ4n) is 4.75. The Kier molecular flexibility index (Phi) is 8.01. The number of phenols is 1. The Balaban J connectivity index is 1.52. The average molecular weight is 540 g/mol. The maximum absolute atomic E-state index is 12.3. The summed E-state index contributed by atoms with van der Waals surface area (Å²) < 4.78 is 6.90. The van der Waals surface area contributed by atoms with Crippen LogP contribution in [0.1, 0.15) is 25.8 Å². The molecule has 0 bridgehead atoms. The predicted octanol–water partition coefficient (Wildman–Crippen LogP) is 3.95. The number of aromatic hydroxyl groups is 1. The molecule has 4 aromatic rings. The molecule has 2 aromatic heterocycles. The number of carbonyl (C=O) groups excluding carboxylic acids is 1. The number of hydrogen-bond acceptors (Lipinski definition) is 9. The fraction of sp³-hybridized carbons (Fsp3) is 0.333. The summed E-state index contributed by atoms with van der Waals surface area (Å²) in [6.45, 7) is 7.09. The first-order valence-corrected chi connectivity index (χ1v) is 13.5. The van der Waals surface area contributed by atoms with Gasteiger partial charge in [-0.15, -0.1) is 0 Å². The number of aromatic nitrogens is 4. The first-order chi connectivity index (χ1) is 19.5. The number of esters is 1. The molecule has 0 aliphatic carbocycles. The van der Waals surface area contributed by atoms with Crippen molar-refractivity contribution >= 4 is 40.3 Å². The Morgan fingerprint density at radius 2 is 1.75 bits per heavy atom. The highest BCUT2D eigenvalue weighted by atomic mass is 16.5. The van der Waals surface area contributed by atoms with E-state index in [0.717, 1.165) is 36.4 Å². The van der Waals surface area contributed by atoms with Gasteiger partial charge >= 0.3 is 5.97 Å². The second-order valence-corrected chi connectivity index (χ2v) is 9.42. The minimum atomic E-state index is -0.348. The number of piperazine rings is 1. The molecule has 0 spiro atoms. The largest absolute Gasteiger partial charge is 0.508 e. The molecular weight excluding hydrogens is 506 g/mol. The molecule has 0 saturated carbocycles. The van der Waals surface area contributed by atoms with E-state index in [1.807, 2.05) is 55.3 Å². The van der Waals surface area contributed by atoms with Gasteiger partial charge in [0, 0.05) is 50.9 Å². The van der Waals surface area contributed by atoms with E-state index in [1.54, 1.807) is 30.0 Å². The van der Waals surface area contributed by atoms with Gasteiger partial charge in [0.15, 0.2) is 17.0 Å². The van der Waals surface area contributed by atoms with Gasteiger partial charge in [0.2, 0.25) is 5.95 Å². The zero-order chi connectivity index (χ0) is 28.1. The van der Waals surface area contributed by atoms with Gasteiger partial charge < -0.3 is 29.1 Å². The zero-order valence-corrected chi connectivity index (χ0v) is 23.0. The molecule has 0 atom stereocenters. The van der Waals surface area contributed by atoms with Crippen molar-refractivity contribution in [2.45, 2.75) is 26.8 Å². The van der Waals surface area contributed by atoms with Gasteiger partial charge in [-0.1, -0.05) is 30.9 Å². The topological polar surface area (TPSA) is 99.9 Å². The number of imidazole rings is 1. The molecule has 2 aromatic carbocycles. The number of hydrogen-bond donors (Lipinski definition) is 1. The number of phenolic OH excluding ortho intramolecular Hbond substituents is 1. The second kappa shape index (κ2) is 11.9. The van der Waals surface area contributed by atoms with E-state index in [1.165, 1.54) is 0 Å². The molecule has 10 heteroatoms. The van der Waals surface area contributed by atoms with E-state index in [-0.39, 0.29) is 18.3 Å². The number of anilines is 4. The minimum Gasteiger partial charge on any atom is -0.508 e. The molecule has 206 valence electrons. The van der Waals surface area contributed by atoms with Gasteiger partial charge in [-0.05, 0) is 43.3 Å². The summed E-state index contributed by atoms with van der Waals surface area (Å²) in [5.41, 5.74) is 4.03. The molecule has 1 aliphatic rings. The Bertz CT molecular complexity index is 1550. The smallest absolute Gasteiger partial charge is 0.326 e. The molecule has 1 saturated heterocycles. The lowest BCUT2D eigenvalue weighted by Crippen LogP contribution is -2.47. The van der Waals surface area contributed by atoms with E-state index in [0.29, 0.717) is 42.6 Å². The number of rotatable bonds is 7. The van der Waals surface area contributed by atoms with Crippen LogP contribution in [0.3, 0.4) is 0 Å². The quantitative estimate of drug-likeness (QED) is 0.276. The maximum atomic E-state index is 12.3. The molecule has 0 unspecified atom stereocenters. The normalized spacial score (nSPS) is 13.2. The van der Waals surface area contributed by atoms with Gasteiger partial charge in [-0.3, -0.25) is 4.79 Å². The SMILES string of the molecule is CCC#Cc1ccccc1N(C)c1nc(N2CCN(c3ccc(O)cc3)CC2)nc2c1ncn2CC(=O)OCC. The number of para-hydroxylation sites is 1. The summed E-state index contributed by atoms with van der Waals surface area (Å²) in [7, 11) is 1.95. The summed E-state index contributed by atoms with van der Waals surface area (Å²) in [6, 6.07) is 15.2. The highest BCUT2D eigenvalue weighted by molar-refractivity contribution is 5.89. The van der Waals surface area contributed by atoms with E-state index < -0.39 is 0 Å². The van der Waals surface area contributed by atoms with Crippen LogP contribution in [0.2, 0.25) is 0 Å². The number of carbonyl (C=O) groups is 1. The monoisotopic (exact) mass is 539 g/mol. The van der Waals surface area contributed by atoms with Crippen molar-refractivity contribution in [1.82, 2.24) is 19.5 Å². The van der Waals surface area contributed by atoms with Crippen LogP contribution in [-0.2, 0) is 16.1 Å². The third-order valence-electron chi connectivity index (χ3n) is 6.80. The highest BCUT2D eigenvalue weighted by Gasteiger charge is 2.25. The molecule has 40 heavy (non-hydrogen) atoms. The van der Waals surface area contributed by atoms with E-state index in [4.69, 9.17) is 14.7 Å². The van der Waals surface area contributed by atoms with Crippen LogP contribution in [0, 0.1) is 11.8 Å². The number of fused-ring (bicyclic) bond motifs is 1. The first-order valence-electron chi connectivity index (χ1n) is 13.5. The Labute approximate surface area is 233 Å². The third-order valence-corrected chi connectivity index (χ3v) is 6.80. The Hall–Kier alpha value is -4.78. The first kappa shape index (κ1) is 26.8. The van der Waals surface area contributed by atoms with Gasteiger partial charge in [0.1, 0.15) is 12.3 Å². The lowest BCUT2D eigenvalue weighted by atomic mass is 10.1. The fourth-order valence-corrected chi connectivity index (χ4v) is 4.75. The number of benzene rings is 2. The van der Waals surface area contributed by atoms with Crippen LogP contribution in [0.5, 0.6) is 5.75 Å². The molecule has 0 radical (unpaired) electrons. The van der Waals surface area contributed by atoms with Crippen molar-refractivity contribution in [2.24, 2.45) is 0 Å². The van der Waals surface area contributed by atoms with Gasteiger partial charge in [0.25, 0.3) is 0 Å². The van der Waals surface area contributed by atoms with Crippen molar-refractivity contribution in [3.8, 4) is 17.6 Å². The Morgan fingerprint density at radius 1 is 1.02 bits per heavy atom. The summed E-state index contributed by atoms with van der Waals surface area (Å²) in [5.74, 6) is 7.53. The van der Waals surface area contributed by atoms with E-state index in [9.17, 15) is 9.90 Å². The summed E-state index contributed by atoms with van der Waals surface area (Å²) in [5, 5.41) is 9.64. The molecule has 0 amide bonds. The predicted molar refractivity (Wildman–Crippen MR) is 156 cm³/mol. The van der Waals surface area contributed by atoms with Crippen molar-refractivity contribution in [1.29, 1.82) is 0 Å². The molecule has 1 N–H and O–H groups in total. The van der Waals surface area contributed by atoms with Gasteiger partial charge in [-0.2, -0.15) is 9.97 Å². The van der Waals surface area contributed by atoms with Crippen LogP contribution in [-0.4, -0.2) is 70.4 Å². The van der Waals surface area contributed by atoms with Crippen LogP contribution >= 0.6 is 0 Å². The number of ether oxygens (including phenoxy) is 1. The summed E-state index contributed by atoms with van der Waals surface area (Å²) in [6.07, 6.45) is 2.37. The van der Waals surface area contributed by atoms with Crippen LogP contribution in [0.4, 0.5) is 23.1 Å². The minimum absolute atomic E-state index is 0.0111. The second-order valence-electron chi connectivity index (χ2n) is 9.42. The van der Waals surface area contributed by atoms with E-state index >= 15 is 0 Å². The molecule has 3 heterocycles. The maximum Gasteiger partial charge on any atom is 0.326 e. The van der Waals surface area contributed by atoms with E-state index in [2.05, 4.69) is 26.6 Å². The third kappa shape index (κ3) is 5.64. The average Bonchev–Trinajstić information content (AvgIpc) is 3.38. The molecule has 5 rings (SSSR count). The van der Waals surface area contributed by atoms with Crippen molar-refractivity contribution in [2.75, 3.05) is 54.5 Å². The lowest BCUT2D eigenvalue weighted by molar-refractivity contribution is -0.143. The van der Waals surface area contributed by atoms with Crippen LogP contribution in [0.15, 0.2) is 54.9 Å². The molecule has 1 fully saturated rings. The van der Waals surface area contributed by atoms with Gasteiger partial charge in [-0.25, -0.2) is 4.98 Å². The van der Waals surface area contributed by atoms with Crippen molar-refractivity contribution < 1.29 is 14.6 Å².